The number of aromatic nitrogens is 5. The van der Waals surface area contributed by atoms with E-state index in [1.54, 1.807) is 6.39 Å². The lowest BCUT2D eigenvalue weighted by Crippen LogP contribution is -2.16. The van der Waals surface area contributed by atoms with Gasteiger partial charge in [-0.3, -0.25) is 0 Å². The van der Waals surface area contributed by atoms with Gasteiger partial charge in [-0.1, -0.05) is 129 Å². The molecule has 12 rings (SSSR count). The monoisotopic (exact) mass is 717 g/mol. The third kappa shape index (κ3) is 4.45. The molecule has 0 saturated heterocycles. The van der Waals surface area contributed by atoms with Crippen molar-refractivity contribution in [1.82, 2.24) is 24.5 Å². The Morgan fingerprint density at radius 2 is 1.25 bits per heavy atom. The molecule has 0 unspecified atom stereocenters. The quantitative estimate of drug-likeness (QED) is 0.177. The Balaban J connectivity index is 1.01. The highest BCUT2D eigenvalue weighted by molar-refractivity contribution is 6.12. The molecule has 3 aromatic heterocycles. The second-order valence-electron chi connectivity index (χ2n) is 15.2. The fourth-order valence-corrected chi connectivity index (χ4v) is 8.87. The minimum Gasteiger partial charge on any atom is -0.443 e. The highest BCUT2D eigenvalue weighted by Gasteiger charge is 2.38. The van der Waals surface area contributed by atoms with E-state index < -0.39 is 0 Å². The maximum Gasteiger partial charge on any atom is 0.182 e. The molecular weight excluding hydrogens is 687 g/mol. The molecule has 56 heavy (non-hydrogen) atoms. The van der Waals surface area contributed by atoms with Crippen LogP contribution in [-0.2, 0) is 5.41 Å². The van der Waals surface area contributed by atoms with E-state index in [2.05, 4.69) is 114 Å². The zero-order chi connectivity index (χ0) is 37.1. The molecule has 0 saturated carbocycles. The van der Waals surface area contributed by atoms with Gasteiger partial charge >= 0.3 is 0 Å². The number of rotatable bonds is 5. The van der Waals surface area contributed by atoms with Crippen molar-refractivity contribution in [2.45, 2.75) is 19.3 Å². The van der Waals surface area contributed by atoms with Crippen LogP contribution >= 0.6 is 0 Å². The first-order chi connectivity index (χ1) is 27.5. The lowest BCUT2D eigenvalue weighted by molar-refractivity contribution is 0.601. The van der Waals surface area contributed by atoms with Crippen LogP contribution in [0.3, 0.4) is 0 Å². The van der Waals surface area contributed by atoms with Crippen molar-refractivity contribution < 1.29 is 4.42 Å². The van der Waals surface area contributed by atoms with Crippen LogP contribution in [0.1, 0.15) is 25.0 Å². The Kier molecular flexibility index (Phi) is 6.26. The maximum absolute atomic E-state index is 5.93. The third-order valence-electron chi connectivity index (χ3n) is 11.7. The van der Waals surface area contributed by atoms with Crippen molar-refractivity contribution in [3.8, 4) is 62.1 Å². The first-order valence-corrected chi connectivity index (χ1v) is 18.9. The van der Waals surface area contributed by atoms with Gasteiger partial charge in [0, 0.05) is 49.3 Å². The third-order valence-corrected chi connectivity index (χ3v) is 11.7. The van der Waals surface area contributed by atoms with Gasteiger partial charge in [-0.15, -0.1) is 0 Å². The van der Waals surface area contributed by atoms with Gasteiger partial charge in [0.1, 0.15) is 5.52 Å². The number of hydrogen-bond donors (Lipinski definition) is 0. The minimum atomic E-state index is -0.181. The molecule has 0 spiro atoms. The lowest BCUT2D eigenvalue weighted by Gasteiger charge is -2.21. The topological polar surface area (TPSA) is 69.6 Å². The molecule has 6 heteroatoms. The SMILES string of the molecule is CC1(C)c2cc(-c3cc4c5ccccc5n(-c5cccc(-c6nc(-c7ccccc7)nc(-c7ccccc7)n6)c5)c4c4c3=C=4)ccc2-c2c1ccc1ncoc21. The normalized spacial score (nSPS) is 13.3. The molecule has 0 atom stereocenters. The fraction of sp³-hybridized carbons (Fsp3) is 0.0600. The molecule has 262 valence electrons. The van der Waals surface area contributed by atoms with Crippen LogP contribution in [0.4, 0.5) is 0 Å². The number of oxazole rings is 1. The molecule has 0 fully saturated rings. The van der Waals surface area contributed by atoms with Crippen LogP contribution in [0.15, 0.2) is 156 Å². The Morgan fingerprint density at radius 1 is 0.554 bits per heavy atom. The Hall–Kier alpha value is -7.40. The van der Waals surface area contributed by atoms with E-state index in [0.29, 0.717) is 17.5 Å². The average Bonchev–Trinajstić information content (AvgIpc) is 3.68. The maximum atomic E-state index is 5.93. The van der Waals surface area contributed by atoms with E-state index in [9.17, 15) is 0 Å². The lowest BCUT2D eigenvalue weighted by atomic mass is 9.81. The fourth-order valence-electron chi connectivity index (χ4n) is 8.87. The summed E-state index contributed by atoms with van der Waals surface area (Å²) in [6, 6.07) is 51.0. The highest BCUT2D eigenvalue weighted by Crippen LogP contribution is 2.52. The average molecular weight is 718 g/mol. The van der Waals surface area contributed by atoms with Crippen molar-refractivity contribution in [2.75, 3.05) is 0 Å². The summed E-state index contributed by atoms with van der Waals surface area (Å²) in [6.07, 6.45) is 1.55. The molecule has 10 aromatic rings. The Bertz CT molecular complexity index is 3370. The summed E-state index contributed by atoms with van der Waals surface area (Å²) in [5.41, 5.74) is 18.8. The summed E-state index contributed by atoms with van der Waals surface area (Å²) >= 11 is 0. The van der Waals surface area contributed by atoms with Crippen LogP contribution in [-0.4, -0.2) is 24.5 Å². The Labute approximate surface area is 321 Å². The zero-order valence-electron chi connectivity index (χ0n) is 30.6. The predicted octanol–water partition coefficient (Wildman–Crippen LogP) is 10.1. The van der Waals surface area contributed by atoms with Crippen molar-refractivity contribution in [3.05, 3.63) is 174 Å². The standard InChI is InChI=1S/C50H31N5O/c1-50(2)40-22-23-42-46(56-28-51-42)44(40)35-21-20-31(25-41(35)50)36-26-38-34-18-9-10-19-43(34)55(45(38)39-27-37(36)39)33-17-11-16-32(24-33)49-53-47(29-12-5-3-6-13-29)52-48(54-49)30-14-7-4-8-15-30/h3-26,28H,1-2H3. The van der Waals surface area contributed by atoms with E-state index in [0.717, 1.165) is 55.3 Å². The molecule has 2 aliphatic carbocycles. The van der Waals surface area contributed by atoms with Crippen LogP contribution in [0, 0.1) is 0 Å². The molecule has 0 amide bonds. The number of fused-ring (bicyclic) bond motifs is 10. The summed E-state index contributed by atoms with van der Waals surface area (Å²) in [6.45, 7) is 4.61. The van der Waals surface area contributed by atoms with Gasteiger partial charge < -0.3 is 8.98 Å². The largest absolute Gasteiger partial charge is 0.443 e. The van der Waals surface area contributed by atoms with E-state index >= 15 is 0 Å². The summed E-state index contributed by atoms with van der Waals surface area (Å²) < 4.78 is 8.30. The van der Waals surface area contributed by atoms with Gasteiger partial charge in [0.25, 0.3) is 0 Å². The molecule has 7 aromatic carbocycles. The molecule has 0 aliphatic heterocycles. The van der Waals surface area contributed by atoms with Crippen LogP contribution in [0.2, 0.25) is 0 Å². The van der Waals surface area contributed by atoms with E-state index in [4.69, 9.17) is 19.4 Å². The van der Waals surface area contributed by atoms with E-state index in [1.165, 1.54) is 43.8 Å². The second kappa shape index (κ2) is 11.3. The van der Waals surface area contributed by atoms with Crippen molar-refractivity contribution in [3.63, 3.8) is 0 Å². The molecule has 2 aliphatic rings. The van der Waals surface area contributed by atoms with Crippen molar-refractivity contribution in [1.29, 1.82) is 0 Å². The Morgan fingerprint density at radius 3 is 2.02 bits per heavy atom. The van der Waals surface area contributed by atoms with Crippen molar-refractivity contribution >= 4 is 38.6 Å². The van der Waals surface area contributed by atoms with E-state index in [-0.39, 0.29) is 5.41 Å². The molecule has 0 radical (unpaired) electrons. The molecule has 0 bridgehead atoms. The van der Waals surface area contributed by atoms with Gasteiger partial charge in [-0.2, -0.15) is 0 Å². The smallest absolute Gasteiger partial charge is 0.182 e. The number of para-hydroxylation sites is 1. The van der Waals surface area contributed by atoms with Crippen molar-refractivity contribution in [2.24, 2.45) is 0 Å². The molecular formula is C50H31N5O. The summed E-state index contributed by atoms with van der Waals surface area (Å²) in [5, 5.41) is 4.73. The van der Waals surface area contributed by atoms with Gasteiger partial charge in [0.05, 0.1) is 16.3 Å². The summed E-state index contributed by atoms with van der Waals surface area (Å²) in [7, 11) is 0. The molecule has 6 nitrogen and oxygen atoms in total. The number of hydrogen-bond acceptors (Lipinski definition) is 5. The predicted molar refractivity (Wildman–Crippen MR) is 223 cm³/mol. The second-order valence-corrected chi connectivity index (χ2v) is 15.2. The number of nitrogens with zero attached hydrogens (tertiary/aromatic N) is 5. The minimum absolute atomic E-state index is 0.181. The van der Waals surface area contributed by atoms with E-state index in [1.807, 2.05) is 60.7 Å². The molecule has 3 heterocycles. The molecule has 0 N–H and O–H groups in total. The van der Waals surface area contributed by atoms with Gasteiger partial charge in [0.15, 0.2) is 29.4 Å². The first kappa shape index (κ1) is 31.0. The van der Waals surface area contributed by atoms with Crippen LogP contribution in [0.5, 0.6) is 0 Å². The van der Waals surface area contributed by atoms with Gasteiger partial charge in [0.2, 0.25) is 0 Å². The zero-order valence-corrected chi connectivity index (χ0v) is 30.6. The number of benzene rings is 7. The van der Waals surface area contributed by atoms with Crippen LogP contribution < -0.4 is 10.4 Å². The van der Waals surface area contributed by atoms with Gasteiger partial charge in [-0.05, 0) is 64.2 Å². The van der Waals surface area contributed by atoms with Gasteiger partial charge in [-0.25, -0.2) is 19.9 Å². The first-order valence-electron chi connectivity index (χ1n) is 18.9. The highest BCUT2D eigenvalue weighted by atomic mass is 16.3. The van der Waals surface area contributed by atoms with Crippen LogP contribution in [0.25, 0.3) is 101 Å². The summed E-state index contributed by atoms with van der Waals surface area (Å²) in [4.78, 5) is 19.4. The summed E-state index contributed by atoms with van der Waals surface area (Å²) in [5.74, 6) is 1.91.